The van der Waals surface area contributed by atoms with E-state index in [2.05, 4.69) is 29.5 Å². The van der Waals surface area contributed by atoms with Gasteiger partial charge < -0.3 is 15.4 Å². The molecular formula is C13H28IN3O. The molecule has 1 unspecified atom stereocenters. The zero-order chi connectivity index (χ0) is 12.3. The summed E-state index contributed by atoms with van der Waals surface area (Å²) in [7, 11) is 0. The van der Waals surface area contributed by atoms with Gasteiger partial charge in [0.25, 0.3) is 0 Å². The molecule has 2 N–H and O–H groups in total. The second kappa shape index (κ2) is 12.0. The molecule has 0 saturated carbocycles. The van der Waals surface area contributed by atoms with E-state index >= 15 is 0 Å². The van der Waals surface area contributed by atoms with Crippen LogP contribution in [-0.4, -0.2) is 38.3 Å². The highest BCUT2D eigenvalue weighted by Crippen LogP contribution is 2.11. The molecule has 1 heterocycles. The summed E-state index contributed by atoms with van der Waals surface area (Å²) in [5, 5.41) is 6.63. The fourth-order valence-corrected chi connectivity index (χ4v) is 1.90. The Kier molecular flexibility index (Phi) is 12.0. The minimum absolute atomic E-state index is 0. The summed E-state index contributed by atoms with van der Waals surface area (Å²) in [4.78, 5) is 4.56. The third-order valence-corrected chi connectivity index (χ3v) is 2.89. The van der Waals surface area contributed by atoms with Gasteiger partial charge in [-0.3, -0.25) is 4.99 Å². The van der Waals surface area contributed by atoms with Crippen LogP contribution < -0.4 is 10.6 Å². The molecule has 1 aliphatic heterocycles. The van der Waals surface area contributed by atoms with E-state index < -0.39 is 0 Å². The predicted octanol–water partition coefficient (Wildman–Crippen LogP) is 2.53. The third kappa shape index (κ3) is 8.13. The quantitative estimate of drug-likeness (QED) is 0.314. The third-order valence-electron chi connectivity index (χ3n) is 2.89. The number of rotatable bonds is 7. The zero-order valence-corrected chi connectivity index (χ0v) is 14.0. The fourth-order valence-electron chi connectivity index (χ4n) is 1.90. The molecular weight excluding hydrogens is 341 g/mol. The van der Waals surface area contributed by atoms with Gasteiger partial charge in [-0.15, -0.1) is 24.0 Å². The molecule has 0 aromatic heterocycles. The van der Waals surface area contributed by atoms with Crippen molar-refractivity contribution in [2.45, 2.75) is 52.1 Å². The van der Waals surface area contributed by atoms with Crippen LogP contribution in [-0.2, 0) is 4.74 Å². The van der Waals surface area contributed by atoms with Crippen LogP contribution in [0.15, 0.2) is 4.99 Å². The maximum atomic E-state index is 5.56. The smallest absolute Gasteiger partial charge is 0.191 e. The number of nitrogens with one attached hydrogen (secondary N) is 2. The number of hydrogen-bond acceptors (Lipinski definition) is 2. The molecule has 0 amide bonds. The number of ether oxygens (including phenoxy) is 1. The summed E-state index contributed by atoms with van der Waals surface area (Å²) >= 11 is 0. The molecule has 4 nitrogen and oxygen atoms in total. The standard InChI is InChI=1S/C13H27N3O.HI/c1-3-5-6-9-15-13(14-4-2)16-11-12-8-7-10-17-12;/h12H,3-11H2,1-2H3,(H2,14,15,16);1H. The minimum Gasteiger partial charge on any atom is -0.376 e. The lowest BCUT2D eigenvalue weighted by Gasteiger charge is -2.12. The maximum absolute atomic E-state index is 5.56. The number of unbranched alkanes of at least 4 members (excludes halogenated alkanes) is 2. The summed E-state index contributed by atoms with van der Waals surface area (Å²) in [6.07, 6.45) is 6.41. The first-order chi connectivity index (χ1) is 8.36. The first kappa shape index (κ1) is 18.0. The number of nitrogens with zero attached hydrogens (tertiary/aromatic N) is 1. The van der Waals surface area contributed by atoms with Crippen LogP contribution in [0.1, 0.15) is 46.0 Å². The van der Waals surface area contributed by atoms with Crippen molar-refractivity contribution in [3.05, 3.63) is 0 Å². The van der Waals surface area contributed by atoms with E-state index in [1.54, 1.807) is 0 Å². The molecule has 18 heavy (non-hydrogen) atoms. The first-order valence-corrected chi connectivity index (χ1v) is 7.00. The molecule has 5 heteroatoms. The molecule has 1 saturated heterocycles. The Bertz CT molecular complexity index is 218. The predicted molar refractivity (Wildman–Crippen MR) is 87.9 cm³/mol. The van der Waals surface area contributed by atoms with E-state index in [-0.39, 0.29) is 24.0 Å². The molecule has 0 aromatic rings. The number of aliphatic imine (C=N–C) groups is 1. The van der Waals surface area contributed by atoms with Gasteiger partial charge in [0.2, 0.25) is 0 Å². The van der Waals surface area contributed by atoms with Crippen LogP contribution >= 0.6 is 24.0 Å². The van der Waals surface area contributed by atoms with E-state index in [4.69, 9.17) is 4.74 Å². The topological polar surface area (TPSA) is 45.7 Å². The number of guanidine groups is 1. The van der Waals surface area contributed by atoms with Gasteiger partial charge >= 0.3 is 0 Å². The van der Waals surface area contributed by atoms with Crippen molar-refractivity contribution in [2.75, 3.05) is 26.2 Å². The highest BCUT2D eigenvalue weighted by Gasteiger charge is 2.14. The average Bonchev–Trinajstić information content (AvgIpc) is 2.84. The molecule has 1 rings (SSSR count). The van der Waals surface area contributed by atoms with Gasteiger partial charge in [0.1, 0.15) is 0 Å². The Balaban J connectivity index is 0.00000289. The Morgan fingerprint density at radius 1 is 1.28 bits per heavy atom. The van der Waals surface area contributed by atoms with E-state index in [0.29, 0.717) is 6.10 Å². The second-order valence-corrected chi connectivity index (χ2v) is 4.49. The molecule has 1 aliphatic rings. The Morgan fingerprint density at radius 2 is 2.11 bits per heavy atom. The molecule has 1 atom stereocenters. The second-order valence-electron chi connectivity index (χ2n) is 4.49. The molecule has 0 aromatic carbocycles. The van der Waals surface area contributed by atoms with Gasteiger partial charge in [-0.1, -0.05) is 19.8 Å². The molecule has 108 valence electrons. The lowest BCUT2D eigenvalue weighted by atomic mass is 10.2. The Hall–Kier alpha value is -0.0400. The molecule has 0 spiro atoms. The van der Waals surface area contributed by atoms with E-state index in [1.807, 2.05) is 0 Å². The SMILES string of the molecule is CCCCCNC(=NCC1CCCO1)NCC.I. The number of halogens is 1. The molecule has 0 bridgehead atoms. The molecule has 0 radical (unpaired) electrons. The average molecular weight is 369 g/mol. The minimum atomic E-state index is 0. The van der Waals surface area contributed by atoms with Gasteiger partial charge in [0, 0.05) is 19.7 Å². The van der Waals surface area contributed by atoms with E-state index in [1.165, 1.54) is 25.7 Å². The van der Waals surface area contributed by atoms with Gasteiger partial charge in [0.15, 0.2) is 5.96 Å². The summed E-state index contributed by atoms with van der Waals surface area (Å²) in [5.74, 6) is 0.930. The van der Waals surface area contributed by atoms with Crippen molar-refractivity contribution < 1.29 is 4.74 Å². The van der Waals surface area contributed by atoms with Gasteiger partial charge in [-0.2, -0.15) is 0 Å². The van der Waals surface area contributed by atoms with Crippen molar-refractivity contribution in [1.29, 1.82) is 0 Å². The zero-order valence-electron chi connectivity index (χ0n) is 11.7. The van der Waals surface area contributed by atoms with Crippen molar-refractivity contribution >= 4 is 29.9 Å². The summed E-state index contributed by atoms with van der Waals surface area (Å²) in [6.45, 7) is 7.91. The monoisotopic (exact) mass is 369 g/mol. The molecule has 1 fully saturated rings. The lowest BCUT2D eigenvalue weighted by molar-refractivity contribution is 0.117. The lowest BCUT2D eigenvalue weighted by Crippen LogP contribution is -2.38. The van der Waals surface area contributed by atoms with Crippen LogP contribution in [0.2, 0.25) is 0 Å². The fraction of sp³-hybridized carbons (Fsp3) is 0.923. The van der Waals surface area contributed by atoms with Crippen molar-refractivity contribution in [2.24, 2.45) is 4.99 Å². The van der Waals surface area contributed by atoms with Crippen LogP contribution in [0.5, 0.6) is 0 Å². The maximum Gasteiger partial charge on any atom is 0.191 e. The summed E-state index contributed by atoms with van der Waals surface area (Å²) in [6, 6.07) is 0. The van der Waals surface area contributed by atoms with Crippen molar-refractivity contribution in [3.8, 4) is 0 Å². The molecule has 0 aliphatic carbocycles. The Labute approximate surface area is 128 Å². The van der Waals surface area contributed by atoms with E-state index in [9.17, 15) is 0 Å². The van der Waals surface area contributed by atoms with Gasteiger partial charge in [0.05, 0.1) is 12.6 Å². The largest absolute Gasteiger partial charge is 0.376 e. The normalized spacial score (nSPS) is 19.4. The summed E-state index contributed by atoms with van der Waals surface area (Å²) in [5.41, 5.74) is 0. The van der Waals surface area contributed by atoms with Gasteiger partial charge in [-0.25, -0.2) is 0 Å². The number of hydrogen-bond donors (Lipinski definition) is 2. The Morgan fingerprint density at radius 3 is 2.72 bits per heavy atom. The summed E-state index contributed by atoms with van der Waals surface area (Å²) < 4.78 is 5.56. The van der Waals surface area contributed by atoms with Crippen molar-refractivity contribution in [3.63, 3.8) is 0 Å². The van der Waals surface area contributed by atoms with Crippen LogP contribution in [0.25, 0.3) is 0 Å². The van der Waals surface area contributed by atoms with E-state index in [0.717, 1.165) is 38.6 Å². The highest BCUT2D eigenvalue weighted by atomic mass is 127. The van der Waals surface area contributed by atoms with Crippen LogP contribution in [0.3, 0.4) is 0 Å². The van der Waals surface area contributed by atoms with Crippen molar-refractivity contribution in [1.82, 2.24) is 10.6 Å². The first-order valence-electron chi connectivity index (χ1n) is 7.00. The highest BCUT2D eigenvalue weighted by molar-refractivity contribution is 14.0. The van der Waals surface area contributed by atoms with Crippen LogP contribution in [0, 0.1) is 0 Å². The van der Waals surface area contributed by atoms with Gasteiger partial charge in [-0.05, 0) is 26.2 Å². The van der Waals surface area contributed by atoms with Crippen LogP contribution in [0.4, 0.5) is 0 Å².